The van der Waals surface area contributed by atoms with Crippen molar-refractivity contribution in [1.29, 1.82) is 0 Å². The molecule has 124 valence electrons. The summed E-state index contributed by atoms with van der Waals surface area (Å²) in [5.41, 5.74) is 0.966. The van der Waals surface area contributed by atoms with Crippen LogP contribution in [-0.4, -0.2) is 46.6 Å². The first kappa shape index (κ1) is 15.4. The summed E-state index contributed by atoms with van der Waals surface area (Å²) < 4.78 is 12.1. The monoisotopic (exact) mass is 352 g/mol. The molecule has 0 unspecified atom stereocenters. The fourth-order valence-corrected chi connectivity index (χ4v) is 4.50. The lowest BCUT2D eigenvalue weighted by Crippen LogP contribution is -2.66. The van der Waals surface area contributed by atoms with Crippen molar-refractivity contribution < 1.29 is 9.47 Å². The largest absolute Gasteiger partial charge is 0.372 e. The molecule has 1 atom stereocenters. The number of hydrogen-bond acceptors (Lipinski definition) is 8. The van der Waals surface area contributed by atoms with Crippen molar-refractivity contribution in [3.8, 4) is 0 Å². The molecule has 23 heavy (non-hydrogen) atoms. The molecule has 0 amide bonds. The smallest absolute Gasteiger partial charge is 0.208 e. The van der Waals surface area contributed by atoms with E-state index >= 15 is 0 Å². The van der Waals surface area contributed by atoms with Crippen molar-refractivity contribution in [2.75, 3.05) is 24.6 Å². The summed E-state index contributed by atoms with van der Waals surface area (Å²) in [4.78, 5) is 6.71. The van der Waals surface area contributed by atoms with Gasteiger partial charge in [-0.25, -0.2) is 4.98 Å². The van der Waals surface area contributed by atoms with Gasteiger partial charge in [0.1, 0.15) is 10.6 Å². The third-order valence-corrected chi connectivity index (χ3v) is 6.05. The van der Waals surface area contributed by atoms with Crippen LogP contribution < -0.4 is 4.90 Å². The van der Waals surface area contributed by atoms with E-state index in [0.29, 0.717) is 6.61 Å². The highest BCUT2D eigenvalue weighted by atomic mass is 32.1. The van der Waals surface area contributed by atoms with Gasteiger partial charge >= 0.3 is 0 Å². The molecule has 0 N–H and O–H groups in total. The maximum absolute atomic E-state index is 6.08. The van der Waals surface area contributed by atoms with Gasteiger partial charge in [0.2, 0.25) is 5.13 Å². The zero-order chi connectivity index (χ0) is 15.9. The van der Waals surface area contributed by atoms with Crippen LogP contribution in [0.1, 0.15) is 28.6 Å². The second kappa shape index (κ2) is 6.08. The van der Waals surface area contributed by atoms with Gasteiger partial charge in [0.15, 0.2) is 0 Å². The Morgan fingerprint density at radius 2 is 2.22 bits per heavy atom. The predicted octanol–water partition coefficient (Wildman–Crippen LogP) is 2.57. The first-order valence-corrected chi connectivity index (χ1v) is 9.53. The van der Waals surface area contributed by atoms with E-state index in [1.807, 2.05) is 13.8 Å². The fourth-order valence-electron chi connectivity index (χ4n) is 3.22. The number of hydrogen-bond donors (Lipinski definition) is 0. The van der Waals surface area contributed by atoms with E-state index in [-0.39, 0.29) is 11.7 Å². The van der Waals surface area contributed by atoms with Gasteiger partial charge in [0, 0.05) is 18.4 Å². The molecule has 1 spiro atoms. The molecule has 0 aromatic carbocycles. The Hall–Kier alpha value is -1.09. The molecule has 2 aromatic heterocycles. The zero-order valence-corrected chi connectivity index (χ0v) is 15.0. The molecule has 4 heterocycles. The highest BCUT2D eigenvalue weighted by Gasteiger charge is 2.48. The summed E-state index contributed by atoms with van der Waals surface area (Å²) in [6, 6.07) is 0. The van der Waals surface area contributed by atoms with E-state index in [1.165, 1.54) is 0 Å². The van der Waals surface area contributed by atoms with Gasteiger partial charge in [-0.2, -0.15) is 0 Å². The van der Waals surface area contributed by atoms with Gasteiger partial charge < -0.3 is 14.4 Å². The molecule has 4 rings (SSSR count). The summed E-state index contributed by atoms with van der Waals surface area (Å²) in [6.07, 6.45) is 2.16. The Bertz CT molecular complexity index is 681. The molecule has 2 aliphatic heterocycles. The maximum Gasteiger partial charge on any atom is 0.208 e. The minimum Gasteiger partial charge on any atom is -0.372 e. The summed E-state index contributed by atoms with van der Waals surface area (Å²) >= 11 is 3.31. The average Bonchev–Trinajstić information content (AvgIpc) is 3.11. The number of thiazole rings is 1. The van der Waals surface area contributed by atoms with E-state index in [1.54, 1.807) is 22.7 Å². The fraction of sp³-hybridized carbons (Fsp3) is 0.667. The second-order valence-electron chi connectivity index (χ2n) is 6.27. The van der Waals surface area contributed by atoms with Crippen molar-refractivity contribution in [3.63, 3.8) is 0 Å². The Labute approximate surface area is 143 Å². The summed E-state index contributed by atoms with van der Waals surface area (Å²) in [7, 11) is 0. The topological polar surface area (TPSA) is 60.4 Å². The Morgan fingerprint density at radius 3 is 2.91 bits per heavy atom. The predicted molar refractivity (Wildman–Crippen MR) is 90.2 cm³/mol. The standard InChI is InChI=1S/C15H20N4O2S2/c1-10-16-12(7-22-10)6-20-13-3-4-21-15(5-13)8-19(9-15)14-18-17-11(2)23-14/h7,13H,3-6,8-9H2,1-2H3/t13-/m0/s1. The molecule has 2 aromatic rings. The number of aryl methyl sites for hydroxylation is 2. The van der Waals surface area contributed by atoms with Crippen molar-refractivity contribution >= 4 is 27.8 Å². The minimum absolute atomic E-state index is 0.0690. The normalized spacial score (nSPS) is 23.2. The number of ether oxygens (including phenoxy) is 2. The third-order valence-electron chi connectivity index (χ3n) is 4.33. The van der Waals surface area contributed by atoms with Crippen molar-refractivity contribution in [3.05, 3.63) is 21.1 Å². The first-order chi connectivity index (χ1) is 11.1. The molecule has 6 nitrogen and oxygen atoms in total. The molecule has 0 radical (unpaired) electrons. The lowest BCUT2D eigenvalue weighted by molar-refractivity contribution is -0.148. The molecular formula is C15H20N4O2S2. The zero-order valence-electron chi connectivity index (χ0n) is 13.3. The lowest BCUT2D eigenvalue weighted by atomic mass is 9.85. The molecule has 0 bridgehead atoms. The van der Waals surface area contributed by atoms with Crippen LogP contribution in [0, 0.1) is 13.8 Å². The second-order valence-corrected chi connectivity index (χ2v) is 8.50. The van der Waals surface area contributed by atoms with Gasteiger partial charge in [-0.3, -0.25) is 0 Å². The van der Waals surface area contributed by atoms with Crippen LogP contribution >= 0.6 is 22.7 Å². The van der Waals surface area contributed by atoms with Crippen LogP contribution in [0.15, 0.2) is 5.38 Å². The Morgan fingerprint density at radius 1 is 1.35 bits per heavy atom. The van der Waals surface area contributed by atoms with Crippen molar-refractivity contribution in [2.45, 2.75) is 45.0 Å². The van der Waals surface area contributed by atoms with E-state index < -0.39 is 0 Å². The SMILES string of the molecule is Cc1nc(CO[C@H]2CCOC3(C2)CN(c2nnc(C)s2)C3)cs1. The van der Waals surface area contributed by atoms with Crippen LogP contribution in [0.25, 0.3) is 0 Å². The van der Waals surface area contributed by atoms with Gasteiger partial charge in [-0.15, -0.1) is 21.5 Å². The van der Waals surface area contributed by atoms with Gasteiger partial charge in [0.25, 0.3) is 0 Å². The van der Waals surface area contributed by atoms with Crippen LogP contribution in [0.4, 0.5) is 5.13 Å². The van der Waals surface area contributed by atoms with Gasteiger partial charge in [-0.1, -0.05) is 11.3 Å². The third kappa shape index (κ3) is 3.26. The van der Waals surface area contributed by atoms with E-state index in [2.05, 4.69) is 25.5 Å². The number of anilines is 1. The molecule has 0 saturated carbocycles. The summed E-state index contributed by atoms with van der Waals surface area (Å²) in [5, 5.41) is 13.5. The quantitative estimate of drug-likeness (QED) is 0.843. The number of aromatic nitrogens is 3. The Kier molecular flexibility index (Phi) is 4.08. The minimum atomic E-state index is -0.0690. The van der Waals surface area contributed by atoms with E-state index in [9.17, 15) is 0 Å². The molecule has 2 aliphatic rings. The first-order valence-electron chi connectivity index (χ1n) is 7.84. The number of rotatable bonds is 4. The van der Waals surface area contributed by atoms with Gasteiger partial charge in [0.05, 0.1) is 36.5 Å². The highest BCUT2D eigenvalue weighted by molar-refractivity contribution is 7.15. The van der Waals surface area contributed by atoms with E-state index in [0.717, 1.165) is 53.4 Å². The maximum atomic E-state index is 6.08. The molecule has 8 heteroatoms. The molecule has 2 saturated heterocycles. The van der Waals surface area contributed by atoms with E-state index in [4.69, 9.17) is 9.47 Å². The van der Waals surface area contributed by atoms with Crippen molar-refractivity contribution in [2.24, 2.45) is 0 Å². The van der Waals surface area contributed by atoms with Crippen LogP contribution in [0.2, 0.25) is 0 Å². The lowest BCUT2D eigenvalue weighted by Gasteiger charge is -2.52. The van der Waals surface area contributed by atoms with Gasteiger partial charge in [-0.05, 0) is 20.3 Å². The van der Waals surface area contributed by atoms with Crippen LogP contribution in [0.5, 0.6) is 0 Å². The summed E-state index contributed by atoms with van der Waals surface area (Å²) in [6.45, 7) is 7.15. The average molecular weight is 352 g/mol. The van der Waals surface area contributed by atoms with Crippen LogP contribution in [0.3, 0.4) is 0 Å². The Balaban J connectivity index is 1.31. The highest BCUT2D eigenvalue weighted by Crippen LogP contribution is 2.38. The van der Waals surface area contributed by atoms with Crippen LogP contribution in [-0.2, 0) is 16.1 Å². The molecular weight excluding hydrogens is 332 g/mol. The summed E-state index contributed by atoms with van der Waals surface area (Å²) in [5.74, 6) is 0. The molecule has 0 aliphatic carbocycles. The molecule has 2 fully saturated rings. The number of nitrogens with zero attached hydrogens (tertiary/aromatic N) is 4. The van der Waals surface area contributed by atoms with Crippen molar-refractivity contribution in [1.82, 2.24) is 15.2 Å².